The highest BCUT2D eigenvalue weighted by Gasteiger charge is 2.13. The third-order valence-electron chi connectivity index (χ3n) is 3.27. The van der Waals surface area contributed by atoms with Crippen molar-refractivity contribution < 1.29 is 14.4 Å². The Morgan fingerprint density at radius 2 is 1.95 bits per heavy atom. The first-order valence-electron chi connectivity index (χ1n) is 6.76. The van der Waals surface area contributed by atoms with Crippen LogP contribution >= 0.6 is 0 Å². The van der Waals surface area contributed by atoms with Crippen molar-refractivity contribution in [3.05, 3.63) is 71.3 Å². The zero-order valence-corrected chi connectivity index (χ0v) is 11.9. The second-order valence-electron chi connectivity index (χ2n) is 4.93. The minimum Gasteiger partial charge on any atom is -0.435 e. The molecule has 0 radical (unpaired) electrons. The lowest BCUT2D eigenvalue weighted by Gasteiger charge is -2.06. The molecule has 3 rings (SSSR count). The standard InChI is InChI=1S/C17H14N2O3/c1-11-5-4-7-13(9-11)18-16(20)14-10-12-6-2-3-8-15(12)22-17(14)19-21/h2-10,21H,1H3,(H,18,20). The summed E-state index contributed by atoms with van der Waals surface area (Å²) in [5.74, 6) is -0.395. The molecule has 0 atom stereocenters. The molecule has 0 aliphatic rings. The van der Waals surface area contributed by atoms with Crippen LogP contribution in [0.2, 0.25) is 0 Å². The van der Waals surface area contributed by atoms with Crippen LogP contribution in [-0.4, -0.2) is 11.1 Å². The first-order valence-corrected chi connectivity index (χ1v) is 6.76. The monoisotopic (exact) mass is 294 g/mol. The molecular weight excluding hydrogens is 280 g/mol. The Labute approximate surface area is 126 Å². The van der Waals surface area contributed by atoms with Crippen molar-refractivity contribution in [3.8, 4) is 0 Å². The molecule has 110 valence electrons. The third kappa shape index (κ3) is 2.69. The number of anilines is 1. The number of nitrogens with one attached hydrogen (secondary N) is 1. The Bertz CT molecular complexity index is 913. The van der Waals surface area contributed by atoms with Gasteiger partial charge in [0.2, 0.25) is 0 Å². The second-order valence-corrected chi connectivity index (χ2v) is 4.93. The number of para-hydroxylation sites is 1. The van der Waals surface area contributed by atoms with Crippen LogP contribution in [0.4, 0.5) is 5.69 Å². The Morgan fingerprint density at radius 3 is 2.73 bits per heavy atom. The molecule has 0 saturated heterocycles. The van der Waals surface area contributed by atoms with Crippen molar-refractivity contribution >= 4 is 22.6 Å². The number of carbonyl (C=O) groups is 1. The zero-order chi connectivity index (χ0) is 15.5. The van der Waals surface area contributed by atoms with Crippen LogP contribution in [0.5, 0.6) is 0 Å². The minimum absolute atomic E-state index is 0.121. The summed E-state index contributed by atoms with van der Waals surface area (Å²) < 4.78 is 5.45. The summed E-state index contributed by atoms with van der Waals surface area (Å²) in [4.78, 5) is 12.4. The lowest BCUT2D eigenvalue weighted by atomic mass is 10.1. The first kappa shape index (κ1) is 13.9. The van der Waals surface area contributed by atoms with E-state index in [1.807, 2.05) is 37.3 Å². The minimum atomic E-state index is -0.395. The Hall–Kier alpha value is -3.08. The molecule has 2 aromatic carbocycles. The van der Waals surface area contributed by atoms with Gasteiger partial charge in [0.05, 0.1) is 0 Å². The highest BCUT2D eigenvalue weighted by Crippen LogP contribution is 2.15. The van der Waals surface area contributed by atoms with E-state index in [0.717, 1.165) is 10.9 Å². The van der Waals surface area contributed by atoms with Crippen LogP contribution in [0.15, 0.2) is 64.2 Å². The van der Waals surface area contributed by atoms with Crippen LogP contribution in [0, 0.1) is 6.92 Å². The van der Waals surface area contributed by atoms with E-state index in [1.165, 1.54) is 0 Å². The van der Waals surface area contributed by atoms with Crippen molar-refractivity contribution in [2.45, 2.75) is 6.92 Å². The molecule has 0 fully saturated rings. The number of hydrogen-bond acceptors (Lipinski definition) is 4. The lowest BCUT2D eigenvalue weighted by Crippen LogP contribution is -2.21. The second kappa shape index (κ2) is 5.73. The highest BCUT2D eigenvalue weighted by molar-refractivity contribution is 6.05. The maximum absolute atomic E-state index is 12.4. The van der Waals surface area contributed by atoms with Crippen molar-refractivity contribution in [3.63, 3.8) is 0 Å². The molecule has 3 aromatic rings. The Morgan fingerprint density at radius 1 is 1.14 bits per heavy atom. The molecular formula is C17H14N2O3. The summed E-state index contributed by atoms with van der Waals surface area (Å²) in [5.41, 5.74) is 2.30. The average molecular weight is 294 g/mol. The molecule has 0 saturated carbocycles. The number of rotatable bonds is 2. The molecule has 1 heterocycles. The number of fused-ring (bicyclic) bond motifs is 1. The predicted molar refractivity (Wildman–Crippen MR) is 82.7 cm³/mol. The van der Waals surface area contributed by atoms with Gasteiger partial charge in [-0.1, -0.05) is 30.3 Å². The molecule has 5 nitrogen and oxygen atoms in total. The first-order chi connectivity index (χ1) is 10.7. The van der Waals surface area contributed by atoms with E-state index in [2.05, 4.69) is 10.5 Å². The molecule has 1 amide bonds. The highest BCUT2D eigenvalue weighted by atomic mass is 16.5. The summed E-state index contributed by atoms with van der Waals surface area (Å²) in [6.07, 6.45) is 0. The third-order valence-corrected chi connectivity index (χ3v) is 3.27. The van der Waals surface area contributed by atoms with Gasteiger partial charge < -0.3 is 14.9 Å². The predicted octanol–water partition coefficient (Wildman–Crippen LogP) is 3.28. The molecule has 0 bridgehead atoms. The fourth-order valence-corrected chi connectivity index (χ4v) is 2.23. The van der Waals surface area contributed by atoms with Crippen LogP contribution in [0.25, 0.3) is 11.0 Å². The number of hydrogen-bond donors (Lipinski definition) is 2. The van der Waals surface area contributed by atoms with Gasteiger partial charge in [-0.3, -0.25) is 4.79 Å². The van der Waals surface area contributed by atoms with Gasteiger partial charge >= 0.3 is 0 Å². The van der Waals surface area contributed by atoms with E-state index in [9.17, 15) is 4.79 Å². The molecule has 0 spiro atoms. The Balaban J connectivity index is 2.03. The van der Waals surface area contributed by atoms with E-state index in [4.69, 9.17) is 9.62 Å². The summed E-state index contributed by atoms with van der Waals surface area (Å²) in [7, 11) is 0. The maximum Gasteiger partial charge on any atom is 0.268 e. The lowest BCUT2D eigenvalue weighted by molar-refractivity contribution is 0.102. The number of benzene rings is 2. The van der Waals surface area contributed by atoms with E-state index >= 15 is 0 Å². The van der Waals surface area contributed by atoms with Crippen molar-refractivity contribution in [1.82, 2.24) is 0 Å². The van der Waals surface area contributed by atoms with E-state index in [1.54, 1.807) is 24.3 Å². The summed E-state index contributed by atoms with van der Waals surface area (Å²) in [6, 6.07) is 16.3. The molecule has 0 unspecified atom stereocenters. The SMILES string of the molecule is Cc1cccc(NC(=O)c2cc3ccccc3oc2=NO)c1. The van der Waals surface area contributed by atoms with Crippen molar-refractivity contribution in [1.29, 1.82) is 0 Å². The normalized spacial score (nSPS) is 11.6. The van der Waals surface area contributed by atoms with Gasteiger partial charge in [-0.25, -0.2) is 0 Å². The van der Waals surface area contributed by atoms with Gasteiger partial charge in [-0.2, -0.15) is 0 Å². The molecule has 2 N–H and O–H groups in total. The summed E-state index contributed by atoms with van der Waals surface area (Å²) in [6.45, 7) is 1.94. The summed E-state index contributed by atoms with van der Waals surface area (Å²) in [5, 5.41) is 15.7. The number of carbonyl (C=O) groups excluding carboxylic acids is 1. The van der Waals surface area contributed by atoms with Crippen LogP contribution in [0.1, 0.15) is 15.9 Å². The van der Waals surface area contributed by atoms with E-state index < -0.39 is 5.91 Å². The van der Waals surface area contributed by atoms with Gasteiger partial charge in [0.1, 0.15) is 11.1 Å². The fraction of sp³-hybridized carbons (Fsp3) is 0.0588. The molecule has 0 aliphatic heterocycles. The van der Waals surface area contributed by atoms with E-state index in [0.29, 0.717) is 11.3 Å². The molecule has 5 heteroatoms. The quantitative estimate of drug-likeness (QED) is 0.562. The smallest absolute Gasteiger partial charge is 0.268 e. The Kier molecular flexibility index (Phi) is 3.62. The maximum atomic E-state index is 12.4. The van der Waals surface area contributed by atoms with Crippen LogP contribution in [0.3, 0.4) is 0 Å². The van der Waals surface area contributed by atoms with Gasteiger partial charge in [0.15, 0.2) is 0 Å². The largest absolute Gasteiger partial charge is 0.435 e. The summed E-state index contributed by atoms with van der Waals surface area (Å²) >= 11 is 0. The van der Waals surface area contributed by atoms with Gasteiger partial charge in [0, 0.05) is 11.1 Å². The topological polar surface area (TPSA) is 74.8 Å². The molecule has 22 heavy (non-hydrogen) atoms. The number of nitrogens with zero attached hydrogens (tertiary/aromatic N) is 1. The zero-order valence-electron chi connectivity index (χ0n) is 11.9. The molecule has 1 aromatic heterocycles. The van der Waals surface area contributed by atoms with Gasteiger partial charge in [-0.15, -0.1) is 0 Å². The average Bonchev–Trinajstić information content (AvgIpc) is 2.53. The van der Waals surface area contributed by atoms with E-state index in [-0.39, 0.29) is 11.1 Å². The van der Waals surface area contributed by atoms with Crippen LogP contribution in [-0.2, 0) is 0 Å². The van der Waals surface area contributed by atoms with Crippen molar-refractivity contribution in [2.75, 3.05) is 5.32 Å². The van der Waals surface area contributed by atoms with Gasteiger partial charge in [-0.05, 0) is 41.9 Å². The molecule has 0 aliphatic carbocycles. The van der Waals surface area contributed by atoms with Gasteiger partial charge in [0.25, 0.3) is 11.5 Å². The number of amides is 1. The number of aryl methyl sites for hydroxylation is 1. The fourth-order valence-electron chi connectivity index (χ4n) is 2.23. The van der Waals surface area contributed by atoms with Crippen molar-refractivity contribution in [2.24, 2.45) is 5.16 Å². The van der Waals surface area contributed by atoms with Crippen LogP contribution < -0.4 is 10.9 Å².